The van der Waals surface area contributed by atoms with Gasteiger partial charge < -0.3 is 9.80 Å². The second-order valence-electron chi connectivity index (χ2n) is 5.68. The minimum Gasteiger partial charge on any atom is -0.368 e. The molecule has 0 atom stereocenters. The van der Waals surface area contributed by atoms with Crippen LogP contribution in [0, 0.1) is 5.82 Å². The van der Waals surface area contributed by atoms with Crippen LogP contribution in [-0.4, -0.2) is 42.7 Å². The van der Waals surface area contributed by atoms with Gasteiger partial charge in [0.15, 0.2) is 0 Å². The molecule has 1 aliphatic heterocycles. The molecule has 0 N–H and O–H groups in total. The van der Waals surface area contributed by atoms with Gasteiger partial charge in [-0.25, -0.2) is 4.39 Å². The molecule has 0 spiro atoms. The number of benzene rings is 2. The number of anilines is 1. The number of rotatable bonds is 4. The second kappa shape index (κ2) is 8.30. The van der Waals surface area contributed by atoms with E-state index in [1.165, 1.54) is 23.9 Å². The lowest BCUT2D eigenvalue weighted by atomic mass is 10.2. The fourth-order valence-electron chi connectivity index (χ4n) is 2.71. The molecule has 7 heteroatoms. The average molecular weight is 399 g/mol. The summed E-state index contributed by atoms with van der Waals surface area (Å²) in [6.07, 6.45) is 0. The SMILES string of the molecule is O=C(CSc1c(Cl)cccc1Cl)N1CCN(c2ccc(F)cc2)CC1. The van der Waals surface area contributed by atoms with Gasteiger partial charge in [-0.3, -0.25) is 4.79 Å². The van der Waals surface area contributed by atoms with E-state index in [2.05, 4.69) is 4.90 Å². The van der Waals surface area contributed by atoms with E-state index in [0.29, 0.717) is 28.9 Å². The van der Waals surface area contributed by atoms with Crippen molar-refractivity contribution in [3.05, 3.63) is 58.3 Å². The van der Waals surface area contributed by atoms with E-state index in [1.807, 2.05) is 4.90 Å². The quantitative estimate of drug-likeness (QED) is 0.704. The Hall–Kier alpha value is -1.43. The van der Waals surface area contributed by atoms with Gasteiger partial charge in [-0.05, 0) is 36.4 Å². The van der Waals surface area contributed by atoms with E-state index in [0.717, 1.165) is 23.7 Å². The van der Waals surface area contributed by atoms with Gasteiger partial charge in [0.05, 0.1) is 15.8 Å². The van der Waals surface area contributed by atoms with Crippen molar-refractivity contribution in [2.24, 2.45) is 0 Å². The molecule has 1 saturated heterocycles. The molecule has 1 heterocycles. The molecule has 2 aromatic rings. The van der Waals surface area contributed by atoms with Gasteiger partial charge in [0.25, 0.3) is 0 Å². The van der Waals surface area contributed by atoms with E-state index in [1.54, 1.807) is 30.3 Å². The van der Waals surface area contributed by atoms with Crippen LogP contribution in [-0.2, 0) is 4.79 Å². The van der Waals surface area contributed by atoms with Crippen molar-refractivity contribution in [1.29, 1.82) is 0 Å². The summed E-state index contributed by atoms with van der Waals surface area (Å²) >= 11 is 13.6. The molecule has 0 aromatic heterocycles. The van der Waals surface area contributed by atoms with Crippen LogP contribution >= 0.6 is 35.0 Å². The highest BCUT2D eigenvalue weighted by molar-refractivity contribution is 8.00. The van der Waals surface area contributed by atoms with E-state index in [9.17, 15) is 9.18 Å². The summed E-state index contributed by atoms with van der Waals surface area (Å²) in [7, 11) is 0. The lowest BCUT2D eigenvalue weighted by Crippen LogP contribution is -2.49. The highest BCUT2D eigenvalue weighted by Gasteiger charge is 2.22. The monoisotopic (exact) mass is 398 g/mol. The van der Waals surface area contributed by atoms with Crippen LogP contribution in [0.5, 0.6) is 0 Å². The topological polar surface area (TPSA) is 23.6 Å². The highest BCUT2D eigenvalue weighted by atomic mass is 35.5. The van der Waals surface area contributed by atoms with Crippen LogP contribution in [0.15, 0.2) is 47.4 Å². The molecule has 1 amide bonds. The Morgan fingerprint density at radius 1 is 1.00 bits per heavy atom. The fraction of sp³-hybridized carbons (Fsp3) is 0.278. The second-order valence-corrected chi connectivity index (χ2v) is 7.48. The molecule has 0 bridgehead atoms. The summed E-state index contributed by atoms with van der Waals surface area (Å²) in [5.41, 5.74) is 0.978. The van der Waals surface area contributed by atoms with Gasteiger partial charge in [0, 0.05) is 36.8 Å². The number of thioether (sulfide) groups is 1. The van der Waals surface area contributed by atoms with E-state index in [-0.39, 0.29) is 11.7 Å². The first-order valence-electron chi connectivity index (χ1n) is 7.89. The van der Waals surface area contributed by atoms with Crippen LogP contribution in [0.25, 0.3) is 0 Å². The lowest BCUT2D eigenvalue weighted by molar-refractivity contribution is -0.128. The van der Waals surface area contributed by atoms with Gasteiger partial charge in [-0.2, -0.15) is 0 Å². The Balaban J connectivity index is 1.52. The third-order valence-corrected chi connectivity index (χ3v) is 6.06. The maximum absolute atomic E-state index is 13.0. The van der Waals surface area contributed by atoms with Crippen LogP contribution in [0.4, 0.5) is 10.1 Å². The van der Waals surface area contributed by atoms with Crippen LogP contribution in [0.3, 0.4) is 0 Å². The zero-order chi connectivity index (χ0) is 17.8. The van der Waals surface area contributed by atoms with Gasteiger partial charge in [0.1, 0.15) is 5.82 Å². The molecule has 2 aromatic carbocycles. The van der Waals surface area contributed by atoms with Gasteiger partial charge in [-0.1, -0.05) is 29.3 Å². The third kappa shape index (κ3) is 4.60. The largest absolute Gasteiger partial charge is 0.368 e. The number of halogens is 3. The van der Waals surface area contributed by atoms with Crippen molar-refractivity contribution in [2.75, 3.05) is 36.8 Å². The van der Waals surface area contributed by atoms with Crippen LogP contribution in [0.1, 0.15) is 0 Å². The maximum Gasteiger partial charge on any atom is 0.233 e. The Labute approximate surface area is 160 Å². The molecule has 1 fully saturated rings. The molecule has 0 aliphatic carbocycles. The first-order chi connectivity index (χ1) is 12.0. The summed E-state index contributed by atoms with van der Waals surface area (Å²) in [6, 6.07) is 11.8. The molecule has 0 unspecified atom stereocenters. The molecule has 132 valence electrons. The molecule has 0 saturated carbocycles. The maximum atomic E-state index is 13.0. The normalized spacial score (nSPS) is 14.7. The Morgan fingerprint density at radius 2 is 1.60 bits per heavy atom. The number of piperazine rings is 1. The Morgan fingerprint density at radius 3 is 2.20 bits per heavy atom. The number of amides is 1. The molecule has 25 heavy (non-hydrogen) atoms. The number of hydrogen-bond donors (Lipinski definition) is 0. The molecule has 3 nitrogen and oxygen atoms in total. The minimum atomic E-state index is -0.243. The number of carbonyl (C=O) groups is 1. The van der Waals surface area contributed by atoms with Crippen molar-refractivity contribution in [1.82, 2.24) is 4.90 Å². The molecule has 3 rings (SSSR count). The summed E-state index contributed by atoms with van der Waals surface area (Å²) in [5.74, 6) is 0.132. The van der Waals surface area contributed by atoms with Gasteiger partial charge >= 0.3 is 0 Å². The summed E-state index contributed by atoms with van der Waals surface area (Å²) < 4.78 is 13.0. The van der Waals surface area contributed by atoms with E-state index >= 15 is 0 Å². The Kier molecular flexibility index (Phi) is 6.10. The Bertz CT molecular complexity index is 729. The van der Waals surface area contributed by atoms with Crippen LogP contribution < -0.4 is 4.90 Å². The first kappa shape index (κ1) is 18.4. The number of nitrogens with zero attached hydrogens (tertiary/aromatic N) is 2. The third-order valence-electron chi connectivity index (χ3n) is 4.08. The van der Waals surface area contributed by atoms with Gasteiger partial charge in [0.2, 0.25) is 5.91 Å². The van der Waals surface area contributed by atoms with Crippen LogP contribution in [0.2, 0.25) is 10.0 Å². The van der Waals surface area contributed by atoms with E-state index in [4.69, 9.17) is 23.2 Å². The zero-order valence-corrected chi connectivity index (χ0v) is 15.8. The lowest BCUT2D eigenvalue weighted by Gasteiger charge is -2.36. The van der Waals surface area contributed by atoms with Gasteiger partial charge in [-0.15, -0.1) is 11.8 Å². The summed E-state index contributed by atoms with van der Waals surface area (Å²) in [5, 5.41) is 1.12. The molecule has 1 aliphatic rings. The van der Waals surface area contributed by atoms with Crippen molar-refractivity contribution in [2.45, 2.75) is 4.90 Å². The minimum absolute atomic E-state index is 0.0692. The number of carbonyl (C=O) groups excluding carboxylic acids is 1. The highest BCUT2D eigenvalue weighted by Crippen LogP contribution is 2.34. The van der Waals surface area contributed by atoms with Crippen molar-refractivity contribution < 1.29 is 9.18 Å². The molecular weight excluding hydrogens is 382 g/mol. The molecular formula is C18H17Cl2FN2OS. The van der Waals surface area contributed by atoms with E-state index < -0.39 is 0 Å². The molecule has 0 radical (unpaired) electrons. The predicted octanol–water partition coefficient (Wildman–Crippen LogP) is 4.57. The fourth-order valence-corrected chi connectivity index (χ4v) is 4.30. The van der Waals surface area contributed by atoms with Crippen molar-refractivity contribution in [3.63, 3.8) is 0 Å². The first-order valence-corrected chi connectivity index (χ1v) is 9.64. The van der Waals surface area contributed by atoms with Crippen molar-refractivity contribution in [3.8, 4) is 0 Å². The predicted molar refractivity (Wildman–Crippen MR) is 102 cm³/mol. The number of hydrogen-bond acceptors (Lipinski definition) is 3. The van der Waals surface area contributed by atoms with Crippen molar-refractivity contribution >= 4 is 46.6 Å². The standard InChI is InChI=1S/C18H17Cl2FN2OS/c19-15-2-1-3-16(20)18(15)25-12-17(24)23-10-8-22(9-11-23)14-6-4-13(21)5-7-14/h1-7H,8-12H2. The summed E-state index contributed by atoms with van der Waals surface area (Å²) in [6.45, 7) is 2.75. The average Bonchev–Trinajstić information content (AvgIpc) is 2.62. The zero-order valence-electron chi connectivity index (χ0n) is 13.4. The smallest absolute Gasteiger partial charge is 0.233 e. The summed E-state index contributed by atoms with van der Waals surface area (Å²) in [4.78, 5) is 17.2.